The molecule has 0 bridgehead atoms. The minimum absolute atomic E-state index is 0.910. The van der Waals surface area contributed by atoms with Crippen molar-refractivity contribution in [2.75, 3.05) is 26.1 Å². The van der Waals surface area contributed by atoms with Gasteiger partial charge in [-0.15, -0.1) is 0 Å². The lowest BCUT2D eigenvalue weighted by atomic mass is 10.3. The molecule has 0 heterocycles. The van der Waals surface area contributed by atoms with Crippen LogP contribution in [0.3, 0.4) is 0 Å². The second-order valence-corrected chi connectivity index (χ2v) is 3.75. The van der Waals surface area contributed by atoms with Gasteiger partial charge in [-0.05, 0) is 24.3 Å². The molecule has 0 spiro atoms. The smallest absolute Gasteiger partial charge is 0.118 e. The zero-order chi connectivity index (χ0) is 12.5. The van der Waals surface area contributed by atoms with E-state index in [9.17, 15) is 0 Å². The van der Waals surface area contributed by atoms with Gasteiger partial charge in [0.05, 0.1) is 7.11 Å². The van der Waals surface area contributed by atoms with Crippen LogP contribution in [0.25, 0.3) is 0 Å². The van der Waals surface area contributed by atoms with Crippen molar-refractivity contribution < 1.29 is 4.74 Å². The molecule has 0 unspecified atom stereocenters. The molecule has 0 N–H and O–H groups in total. The van der Waals surface area contributed by atoms with Gasteiger partial charge in [0.25, 0.3) is 0 Å². The number of benzene rings is 2. The molecule has 0 aliphatic rings. The Bertz CT molecular complexity index is 398. The van der Waals surface area contributed by atoms with Gasteiger partial charge >= 0.3 is 0 Å². The van der Waals surface area contributed by atoms with E-state index in [2.05, 4.69) is 17.0 Å². The number of hydrogen-bond acceptors (Lipinski definition) is 2. The highest BCUT2D eigenvalue weighted by Crippen LogP contribution is 2.07. The molecule has 2 aromatic rings. The van der Waals surface area contributed by atoms with Crippen LogP contribution in [-0.2, 0) is 0 Å². The largest absolute Gasteiger partial charge is 0.497 e. The van der Waals surface area contributed by atoms with Gasteiger partial charge in [-0.3, -0.25) is 0 Å². The lowest BCUT2D eigenvalue weighted by molar-refractivity contribution is 0.415. The fourth-order valence-electron chi connectivity index (χ4n) is 1.28. The summed E-state index contributed by atoms with van der Waals surface area (Å²) in [7, 11) is 5.74. The Balaban J connectivity index is 0.000000171. The van der Waals surface area contributed by atoms with E-state index >= 15 is 0 Å². The maximum absolute atomic E-state index is 4.91. The van der Waals surface area contributed by atoms with Crippen LogP contribution in [0, 0.1) is 0 Å². The van der Waals surface area contributed by atoms with Crippen molar-refractivity contribution in [2.45, 2.75) is 0 Å². The summed E-state index contributed by atoms with van der Waals surface area (Å²) in [6.45, 7) is 0. The third-order valence-corrected chi connectivity index (χ3v) is 2.25. The zero-order valence-corrected chi connectivity index (χ0v) is 10.6. The molecule has 0 fully saturated rings. The Morgan fingerprint density at radius 3 is 1.53 bits per heavy atom. The summed E-state index contributed by atoms with van der Waals surface area (Å²) in [5.41, 5.74) is 1.25. The average molecular weight is 229 g/mol. The number of para-hydroxylation sites is 2. The monoisotopic (exact) mass is 229 g/mol. The van der Waals surface area contributed by atoms with Crippen molar-refractivity contribution in [3.63, 3.8) is 0 Å². The molecular formula is C15H19NO. The first-order valence-corrected chi connectivity index (χ1v) is 5.55. The molecule has 2 aromatic carbocycles. The Morgan fingerprint density at radius 2 is 1.24 bits per heavy atom. The van der Waals surface area contributed by atoms with Crippen molar-refractivity contribution in [3.8, 4) is 5.75 Å². The van der Waals surface area contributed by atoms with E-state index in [1.165, 1.54) is 5.69 Å². The highest BCUT2D eigenvalue weighted by molar-refractivity contribution is 5.43. The molecule has 2 rings (SSSR count). The van der Waals surface area contributed by atoms with E-state index in [0.717, 1.165) is 5.75 Å². The van der Waals surface area contributed by atoms with E-state index in [4.69, 9.17) is 4.74 Å². The first kappa shape index (κ1) is 13.1. The third-order valence-electron chi connectivity index (χ3n) is 2.25. The fourth-order valence-corrected chi connectivity index (χ4v) is 1.28. The maximum atomic E-state index is 4.91. The summed E-state index contributed by atoms with van der Waals surface area (Å²) in [5.74, 6) is 0.910. The van der Waals surface area contributed by atoms with Crippen molar-refractivity contribution in [1.82, 2.24) is 0 Å². The SMILES string of the molecule is CN(C)c1ccccc1.COc1ccccc1. The van der Waals surface area contributed by atoms with Crippen LogP contribution in [0.4, 0.5) is 5.69 Å². The molecule has 90 valence electrons. The Labute approximate surface area is 103 Å². The predicted molar refractivity (Wildman–Crippen MR) is 73.8 cm³/mol. The van der Waals surface area contributed by atoms with Gasteiger partial charge in [0.15, 0.2) is 0 Å². The summed E-state index contributed by atoms with van der Waals surface area (Å²) >= 11 is 0. The summed E-state index contributed by atoms with van der Waals surface area (Å²) in [6, 6.07) is 19.9. The lowest BCUT2D eigenvalue weighted by Gasteiger charge is -2.10. The minimum atomic E-state index is 0.910. The van der Waals surface area contributed by atoms with Crippen molar-refractivity contribution >= 4 is 5.69 Å². The number of ether oxygens (including phenoxy) is 1. The average Bonchev–Trinajstić information content (AvgIpc) is 2.41. The standard InChI is InChI=1S/C8H11N.C7H8O/c1-9(2)8-6-4-3-5-7-8;1-8-7-5-3-2-4-6-7/h3-7H,1-2H3;2-6H,1H3. The van der Waals surface area contributed by atoms with Crippen molar-refractivity contribution in [1.29, 1.82) is 0 Å². The molecule has 0 aromatic heterocycles. The first-order valence-electron chi connectivity index (χ1n) is 5.55. The number of anilines is 1. The van der Waals surface area contributed by atoms with Gasteiger partial charge in [0, 0.05) is 19.8 Å². The van der Waals surface area contributed by atoms with Crippen LogP contribution in [0.1, 0.15) is 0 Å². The van der Waals surface area contributed by atoms with Crippen LogP contribution in [0.5, 0.6) is 5.75 Å². The molecule has 0 atom stereocenters. The Hall–Kier alpha value is -1.96. The molecule has 0 amide bonds. The topological polar surface area (TPSA) is 12.5 Å². The molecule has 2 nitrogen and oxygen atoms in total. The molecule has 0 radical (unpaired) electrons. The molecule has 0 saturated heterocycles. The van der Waals surface area contributed by atoms with E-state index in [0.29, 0.717) is 0 Å². The van der Waals surface area contributed by atoms with Crippen molar-refractivity contribution in [2.24, 2.45) is 0 Å². The molecule has 0 saturated carbocycles. The van der Waals surface area contributed by atoms with E-state index < -0.39 is 0 Å². The highest BCUT2D eigenvalue weighted by atomic mass is 16.5. The molecule has 0 aliphatic heterocycles. The number of methoxy groups -OCH3 is 1. The van der Waals surface area contributed by atoms with E-state index in [-0.39, 0.29) is 0 Å². The lowest BCUT2D eigenvalue weighted by Crippen LogP contribution is -2.07. The summed E-state index contributed by atoms with van der Waals surface area (Å²) in [4.78, 5) is 2.08. The molecular weight excluding hydrogens is 210 g/mol. The molecule has 17 heavy (non-hydrogen) atoms. The van der Waals surface area contributed by atoms with Crippen molar-refractivity contribution in [3.05, 3.63) is 60.7 Å². The maximum Gasteiger partial charge on any atom is 0.118 e. The Morgan fingerprint density at radius 1 is 0.765 bits per heavy atom. The number of rotatable bonds is 2. The summed E-state index contributed by atoms with van der Waals surface area (Å²) in [5, 5.41) is 0. The zero-order valence-electron chi connectivity index (χ0n) is 10.6. The molecule has 2 heteroatoms. The quantitative estimate of drug-likeness (QED) is 0.782. The summed E-state index contributed by atoms with van der Waals surface area (Å²) in [6.07, 6.45) is 0. The van der Waals surface area contributed by atoms with Crippen LogP contribution < -0.4 is 9.64 Å². The van der Waals surface area contributed by atoms with Crippen LogP contribution in [0.2, 0.25) is 0 Å². The minimum Gasteiger partial charge on any atom is -0.497 e. The van der Waals surface area contributed by atoms with Gasteiger partial charge < -0.3 is 9.64 Å². The normalized spacial score (nSPS) is 8.88. The van der Waals surface area contributed by atoms with Gasteiger partial charge in [-0.25, -0.2) is 0 Å². The third kappa shape index (κ3) is 5.07. The predicted octanol–water partition coefficient (Wildman–Crippen LogP) is 3.45. The second kappa shape index (κ2) is 7.34. The Kier molecular flexibility index (Phi) is 5.66. The molecule has 0 aliphatic carbocycles. The van der Waals surface area contributed by atoms with Crippen LogP contribution in [-0.4, -0.2) is 21.2 Å². The first-order chi connectivity index (χ1) is 8.24. The van der Waals surface area contributed by atoms with Crippen LogP contribution in [0.15, 0.2) is 60.7 Å². The highest BCUT2D eigenvalue weighted by Gasteiger charge is 1.87. The van der Waals surface area contributed by atoms with Gasteiger partial charge in [0.1, 0.15) is 5.75 Å². The van der Waals surface area contributed by atoms with E-state index in [1.807, 2.05) is 62.6 Å². The number of hydrogen-bond donors (Lipinski definition) is 0. The second-order valence-electron chi connectivity index (χ2n) is 3.75. The van der Waals surface area contributed by atoms with Gasteiger partial charge in [0.2, 0.25) is 0 Å². The number of nitrogens with zero attached hydrogens (tertiary/aromatic N) is 1. The van der Waals surface area contributed by atoms with Crippen LogP contribution >= 0.6 is 0 Å². The van der Waals surface area contributed by atoms with Gasteiger partial charge in [-0.2, -0.15) is 0 Å². The fraction of sp³-hybridized carbons (Fsp3) is 0.200. The van der Waals surface area contributed by atoms with Gasteiger partial charge in [-0.1, -0.05) is 36.4 Å². The summed E-state index contributed by atoms with van der Waals surface area (Å²) < 4.78 is 4.91. The van der Waals surface area contributed by atoms with E-state index in [1.54, 1.807) is 7.11 Å².